The van der Waals surface area contributed by atoms with Gasteiger partial charge in [-0.25, -0.2) is 0 Å². The van der Waals surface area contributed by atoms with Gasteiger partial charge in [-0.3, -0.25) is 9.59 Å². The number of hydrogen-bond acceptors (Lipinski definition) is 5. The van der Waals surface area contributed by atoms with Gasteiger partial charge in [0.25, 0.3) is 0 Å². The number of Topliss-reactive ketones (excluding diaryl/α,β-unsaturated/α-hetero) is 1. The van der Waals surface area contributed by atoms with Crippen LogP contribution in [0.25, 0.3) is 0 Å². The molecule has 0 aliphatic heterocycles. The highest BCUT2D eigenvalue weighted by molar-refractivity contribution is 7.99. The average Bonchev–Trinajstić information content (AvgIpc) is 2.93. The van der Waals surface area contributed by atoms with Crippen LogP contribution in [0.4, 0.5) is 0 Å². The SMILES string of the molecule is CCCCCC(CS[C@H]1CCC(=O)[C@@H]1CCCCCCC(=O)O)C(O)O. The van der Waals surface area contributed by atoms with Crippen molar-refractivity contribution < 1.29 is 24.9 Å². The Morgan fingerprint density at radius 3 is 2.54 bits per heavy atom. The van der Waals surface area contributed by atoms with Gasteiger partial charge in [-0.1, -0.05) is 45.4 Å². The quantitative estimate of drug-likeness (QED) is 0.290. The normalized spacial score (nSPS) is 21.5. The molecule has 26 heavy (non-hydrogen) atoms. The third kappa shape index (κ3) is 9.38. The van der Waals surface area contributed by atoms with E-state index in [0.29, 0.717) is 29.6 Å². The molecule has 0 spiro atoms. The number of carbonyl (C=O) groups is 2. The number of carbonyl (C=O) groups excluding carboxylic acids is 1. The molecular formula is C20H36O5S. The van der Waals surface area contributed by atoms with Crippen LogP contribution in [0.15, 0.2) is 0 Å². The molecule has 0 bridgehead atoms. The maximum atomic E-state index is 12.2. The summed E-state index contributed by atoms with van der Waals surface area (Å²) in [6.07, 6.45) is 9.00. The minimum absolute atomic E-state index is 0.0894. The van der Waals surface area contributed by atoms with E-state index in [2.05, 4.69) is 6.92 Å². The second-order valence-corrected chi connectivity index (χ2v) is 8.77. The summed E-state index contributed by atoms with van der Waals surface area (Å²) in [6.45, 7) is 2.13. The molecule has 3 atom stereocenters. The molecule has 0 aromatic rings. The number of carboxylic acids is 1. The smallest absolute Gasteiger partial charge is 0.303 e. The number of aliphatic hydroxyl groups is 2. The van der Waals surface area contributed by atoms with Crippen LogP contribution in [0.3, 0.4) is 0 Å². The summed E-state index contributed by atoms with van der Waals surface area (Å²) in [5.41, 5.74) is 0. The summed E-state index contributed by atoms with van der Waals surface area (Å²) in [5, 5.41) is 28.1. The van der Waals surface area contributed by atoms with Gasteiger partial charge in [0.2, 0.25) is 0 Å². The first-order chi connectivity index (χ1) is 12.5. The molecule has 0 saturated heterocycles. The Morgan fingerprint density at radius 2 is 1.88 bits per heavy atom. The summed E-state index contributed by atoms with van der Waals surface area (Å²) in [7, 11) is 0. The van der Waals surface area contributed by atoms with Crippen molar-refractivity contribution >= 4 is 23.5 Å². The Hall–Kier alpha value is -0.590. The zero-order chi connectivity index (χ0) is 19.4. The Kier molecular flexibility index (Phi) is 12.2. The fourth-order valence-corrected chi connectivity index (χ4v) is 5.28. The van der Waals surface area contributed by atoms with E-state index in [-0.39, 0.29) is 18.3 Å². The highest BCUT2D eigenvalue weighted by Crippen LogP contribution is 2.37. The van der Waals surface area contributed by atoms with Crippen molar-refractivity contribution in [1.82, 2.24) is 0 Å². The Balaban J connectivity index is 2.32. The van der Waals surface area contributed by atoms with Crippen molar-refractivity contribution in [3.8, 4) is 0 Å². The Labute approximate surface area is 161 Å². The minimum atomic E-state index is -1.27. The zero-order valence-electron chi connectivity index (χ0n) is 16.1. The summed E-state index contributed by atoms with van der Waals surface area (Å²) in [5.74, 6) is 0.284. The van der Waals surface area contributed by atoms with Crippen LogP contribution in [0, 0.1) is 11.8 Å². The number of aliphatic hydroxyl groups excluding tert-OH is 1. The van der Waals surface area contributed by atoms with E-state index in [9.17, 15) is 19.8 Å². The first-order valence-electron chi connectivity index (χ1n) is 10.2. The van der Waals surface area contributed by atoms with E-state index in [4.69, 9.17) is 5.11 Å². The molecule has 1 rings (SSSR count). The molecule has 0 aromatic heterocycles. The van der Waals surface area contributed by atoms with Crippen LogP contribution in [-0.2, 0) is 9.59 Å². The lowest BCUT2D eigenvalue weighted by Crippen LogP contribution is -2.24. The molecule has 5 nitrogen and oxygen atoms in total. The number of carboxylic acid groups (broad SMARTS) is 1. The van der Waals surface area contributed by atoms with Gasteiger partial charge in [0.15, 0.2) is 6.29 Å². The lowest BCUT2D eigenvalue weighted by Gasteiger charge is -2.23. The van der Waals surface area contributed by atoms with Crippen LogP contribution < -0.4 is 0 Å². The van der Waals surface area contributed by atoms with E-state index in [1.54, 1.807) is 11.8 Å². The molecule has 0 radical (unpaired) electrons. The highest BCUT2D eigenvalue weighted by atomic mass is 32.2. The van der Waals surface area contributed by atoms with Gasteiger partial charge in [0.05, 0.1) is 0 Å². The van der Waals surface area contributed by atoms with Gasteiger partial charge in [-0.05, 0) is 25.7 Å². The number of rotatable bonds is 15. The molecule has 6 heteroatoms. The lowest BCUT2D eigenvalue weighted by molar-refractivity contribution is -0.137. The molecule has 0 amide bonds. The van der Waals surface area contributed by atoms with Gasteiger partial charge in [0, 0.05) is 35.7 Å². The minimum Gasteiger partial charge on any atom is -0.481 e. The van der Waals surface area contributed by atoms with Crippen LogP contribution >= 0.6 is 11.8 Å². The molecule has 1 aliphatic rings. The van der Waals surface area contributed by atoms with E-state index >= 15 is 0 Å². The Morgan fingerprint density at radius 1 is 1.15 bits per heavy atom. The van der Waals surface area contributed by atoms with Gasteiger partial charge >= 0.3 is 5.97 Å². The highest BCUT2D eigenvalue weighted by Gasteiger charge is 2.35. The number of unbranched alkanes of at least 4 members (excludes halogenated alkanes) is 5. The summed E-state index contributed by atoms with van der Waals surface area (Å²) >= 11 is 1.74. The molecule has 1 saturated carbocycles. The number of hydrogen-bond donors (Lipinski definition) is 3. The van der Waals surface area contributed by atoms with Crippen LogP contribution in [0.1, 0.15) is 84.0 Å². The van der Waals surface area contributed by atoms with Crippen LogP contribution in [0.2, 0.25) is 0 Å². The van der Waals surface area contributed by atoms with Crippen LogP contribution in [-0.4, -0.2) is 44.4 Å². The van der Waals surface area contributed by atoms with Crippen molar-refractivity contribution in [2.45, 2.75) is 95.5 Å². The molecule has 0 heterocycles. The number of ketones is 1. The maximum absolute atomic E-state index is 12.2. The van der Waals surface area contributed by atoms with Gasteiger partial charge in [-0.2, -0.15) is 11.8 Å². The summed E-state index contributed by atoms with van der Waals surface area (Å²) in [6, 6.07) is 0. The topological polar surface area (TPSA) is 94.8 Å². The van der Waals surface area contributed by atoms with E-state index in [1.807, 2.05) is 0 Å². The largest absolute Gasteiger partial charge is 0.481 e. The number of thioether (sulfide) groups is 1. The second kappa shape index (κ2) is 13.6. The average molecular weight is 389 g/mol. The van der Waals surface area contributed by atoms with Crippen molar-refractivity contribution in [2.24, 2.45) is 11.8 Å². The third-order valence-corrected chi connectivity index (χ3v) is 6.93. The fraction of sp³-hybridized carbons (Fsp3) is 0.900. The predicted octanol–water partition coefficient (Wildman–Crippen LogP) is 4.00. The second-order valence-electron chi connectivity index (χ2n) is 7.50. The first kappa shape index (κ1) is 23.4. The molecular weight excluding hydrogens is 352 g/mol. The van der Waals surface area contributed by atoms with Gasteiger partial charge in [-0.15, -0.1) is 0 Å². The fourth-order valence-electron chi connectivity index (χ4n) is 3.64. The summed E-state index contributed by atoms with van der Waals surface area (Å²) in [4.78, 5) is 22.7. The first-order valence-corrected chi connectivity index (χ1v) is 11.2. The maximum Gasteiger partial charge on any atom is 0.303 e. The van der Waals surface area contributed by atoms with Crippen molar-refractivity contribution in [2.75, 3.05) is 5.75 Å². The molecule has 3 N–H and O–H groups in total. The van der Waals surface area contributed by atoms with Crippen molar-refractivity contribution in [3.63, 3.8) is 0 Å². The van der Waals surface area contributed by atoms with Crippen molar-refractivity contribution in [3.05, 3.63) is 0 Å². The van der Waals surface area contributed by atoms with E-state index in [1.165, 1.54) is 0 Å². The molecule has 0 aromatic carbocycles. The molecule has 1 fully saturated rings. The monoisotopic (exact) mass is 388 g/mol. The number of aliphatic carboxylic acids is 1. The van der Waals surface area contributed by atoms with Gasteiger partial charge < -0.3 is 15.3 Å². The van der Waals surface area contributed by atoms with E-state index < -0.39 is 12.3 Å². The van der Waals surface area contributed by atoms with Crippen LogP contribution in [0.5, 0.6) is 0 Å². The van der Waals surface area contributed by atoms with Gasteiger partial charge in [0.1, 0.15) is 5.78 Å². The molecule has 1 aliphatic carbocycles. The standard InChI is InChI=1S/C20H36O5S/c1-2-3-6-9-15(20(24)25)14-26-18-13-12-17(21)16(18)10-7-4-5-8-11-19(22)23/h15-16,18,20,24-25H,2-14H2,1H3,(H,22,23)/t15?,16-,18-/m0/s1. The predicted molar refractivity (Wildman–Crippen MR) is 105 cm³/mol. The zero-order valence-corrected chi connectivity index (χ0v) is 16.9. The van der Waals surface area contributed by atoms with E-state index in [0.717, 1.165) is 57.8 Å². The molecule has 152 valence electrons. The summed E-state index contributed by atoms with van der Waals surface area (Å²) < 4.78 is 0. The third-order valence-electron chi connectivity index (χ3n) is 5.32. The Bertz CT molecular complexity index is 413. The molecule has 1 unspecified atom stereocenters. The lowest BCUT2D eigenvalue weighted by atomic mass is 9.98. The van der Waals surface area contributed by atoms with Crippen molar-refractivity contribution in [1.29, 1.82) is 0 Å².